The van der Waals surface area contributed by atoms with Gasteiger partial charge in [0, 0.05) is 4.88 Å². The zero-order valence-electron chi connectivity index (χ0n) is 9.36. The summed E-state index contributed by atoms with van der Waals surface area (Å²) in [5.41, 5.74) is 0. The van der Waals surface area contributed by atoms with Crippen molar-refractivity contribution in [2.45, 2.75) is 36.9 Å². The van der Waals surface area contributed by atoms with Gasteiger partial charge >= 0.3 is 0 Å². The van der Waals surface area contributed by atoms with Gasteiger partial charge in [-0.2, -0.15) is 4.72 Å². The minimum absolute atomic E-state index is 0.321. The maximum absolute atomic E-state index is 11.9. The van der Waals surface area contributed by atoms with Crippen molar-refractivity contribution in [2.24, 2.45) is 0 Å². The highest BCUT2D eigenvalue weighted by Crippen LogP contribution is 2.20. The summed E-state index contributed by atoms with van der Waals surface area (Å²) in [6.45, 7) is 3.84. The van der Waals surface area contributed by atoms with E-state index in [0.717, 1.165) is 11.3 Å². The molecule has 1 atom stereocenters. The Labute approximate surface area is 101 Å². The van der Waals surface area contributed by atoms with Crippen LogP contribution in [0.25, 0.3) is 0 Å². The van der Waals surface area contributed by atoms with E-state index in [9.17, 15) is 8.42 Å². The van der Waals surface area contributed by atoms with Crippen molar-refractivity contribution < 1.29 is 8.42 Å². The summed E-state index contributed by atoms with van der Waals surface area (Å²) in [4.78, 5) is 0.966. The Bertz CT molecular complexity index is 482. The van der Waals surface area contributed by atoms with Crippen molar-refractivity contribution in [2.75, 3.05) is 0 Å². The van der Waals surface area contributed by atoms with Gasteiger partial charge in [-0.3, -0.25) is 0 Å². The average molecular weight is 257 g/mol. The van der Waals surface area contributed by atoms with Crippen LogP contribution in [0.15, 0.2) is 16.3 Å². The molecule has 0 saturated heterocycles. The molecule has 5 heteroatoms. The van der Waals surface area contributed by atoms with E-state index in [2.05, 4.69) is 10.6 Å². The second kappa shape index (κ2) is 5.48. The molecule has 1 heterocycles. The highest BCUT2D eigenvalue weighted by Gasteiger charge is 2.19. The van der Waals surface area contributed by atoms with Crippen LogP contribution < -0.4 is 4.72 Å². The van der Waals surface area contributed by atoms with Gasteiger partial charge in [-0.25, -0.2) is 8.42 Å². The lowest BCUT2D eigenvalue weighted by Crippen LogP contribution is -2.33. The Morgan fingerprint density at radius 3 is 2.69 bits per heavy atom. The lowest BCUT2D eigenvalue weighted by molar-refractivity contribution is 0.566. The molecule has 88 valence electrons. The largest absolute Gasteiger partial charge is 0.251 e. The number of nitrogens with one attached hydrogen (secondary N) is 1. The molecule has 0 saturated carbocycles. The normalized spacial score (nSPS) is 13.3. The highest BCUT2D eigenvalue weighted by atomic mass is 32.2. The predicted octanol–water partition coefficient (Wildman–Crippen LogP) is 2.14. The van der Waals surface area contributed by atoms with Gasteiger partial charge in [0.2, 0.25) is 0 Å². The molecule has 0 radical (unpaired) electrons. The number of terminal acetylenes is 1. The van der Waals surface area contributed by atoms with Crippen LogP contribution in [0.3, 0.4) is 0 Å². The molecule has 1 aromatic heterocycles. The summed E-state index contributed by atoms with van der Waals surface area (Å²) in [5, 5.41) is 0. The third-order valence-electron chi connectivity index (χ3n) is 2.06. The van der Waals surface area contributed by atoms with Gasteiger partial charge in [0.25, 0.3) is 10.0 Å². The molecule has 0 fully saturated rings. The molecule has 0 aliphatic rings. The lowest BCUT2D eigenvalue weighted by atomic mass is 10.2. The Hall–Kier alpha value is -0.830. The fraction of sp³-hybridized carbons (Fsp3) is 0.455. The second-order valence-electron chi connectivity index (χ2n) is 3.49. The van der Waals surface area contributed by atoms with Gasteiger partial charge in [-0.15, -0.1) is 17.8 Å². The molecule has 0 aliphatic heterocycles. The number of sulfonamides is 1. The summed E-state index contributed by atoms with van der Waals surface area (Å²) in [5.74, 6) is 2.45. The van der Waals surface area contributed by atoms with Gasteiger partial charge in [-0.05, 0) is 25.5 Å². The number of rotatable bonds is 5. The Kier molecular flexibility index (Phi) is 4.54. The summed E-state index contributed by atoms with van der Waals surface area (Å²) in [6.07, 6.45) is 6.78. The minimum Gasteiger partial charge on any atom is -0.206 e. The van der Waals surface area contributed by atoms with Gasteiger partial charge < -0.3 is 0 Å². The Morgan fingerprint density at radius 1 is 1.56 bits per heavy atom. The predicted molar refractivity (Wildman–Crippen MR) is 66.9 cm³/mol. The molecule has 1 rings (SSSR count). The molecule has 0 aromatic carbocycles. The van der Waals surface area contributed by atoms with E-state index in [-0.39, 0.29) is 0 Å². The second-order valence-corrected chi connectivity index (χ2v) is 6.72. The third-order valence-corrected chi connectivity index (χ3v) is 5.02. The van der Waals surface area contributed by atoms with Crippen molar-refractivity contribution in [3.05, 3.63) is 17.0 Å². The molecule has 1 unspecified atom stereocenters. The average Bonchev–Trinajstić information content (AvgIpc) is 2.64. The maximum Gasteiger partial charge on any atom is 0.251 e. The summed E-state index contributed by atoms with van der Waals surface area (Å²) < 4.78 is 26.6. The Balaban J connectivity index is 2.84. The first-order valence-electron chi connectivity index (χ1n) is 5.04. The van der Waals surface area contributed by atoms with Crippen LogP contribution in [-0.4, -0.2) is 14.5 Å². The number of hydrogen-bond acceptors (Lipinski definition) is 3. The quantitative estimate of drug-likeness (QED) is 0.821. The van der Waals surface area contributed by atoms with Crippen molar-refractivity contribution >= 4 is 21.4 Å². The van der Waals surface area contributed by atoms with E-state index in [1.165, 1.54) is 11.3 Å². The van der Waals surface area contributed by atoms with Gasteiger partial charge in [0.05, 0.1) is 6.04 Å². The molecular formula is C11H15NO2S2. The molecule has 0 amide bonds. The zero-order chi connectivity index (χ0) is 12.2. The maximum atomic E-state index is 11.9. The first-order valence-corrected chi connectivity index (χ1v) is 7.34. The fourth-order valence-corrected chi connectivity index (χ4v) is 3.76. The van der Waals surface area contributed by atoms with Crippen LogP contribution >= 0.6 is 11.3 Å². The fourth-order valence-electron chi connectivity index (χ4n) is 1.27. The zero-order valence-corrected chi connectivity index (χ0v) is 11.0. The Morgan fingerprint density at radius 2 is 2.25 bits per heavy atom. The number of thiophene rings is 1. The highest BCUT2D eigenvalue weighted by molar-refractivity contribution is 7.91. The SMILES string of the molecule is C#CC(CCC)NS(=O)(=O)c1ccc(C)s1. The van der Waals surface area contributed by atoms with E-state index >= 15 is 0 Å². The van der Waals surface area contributed by atoms with E-state index in [1.807, 2.05) is 13.8 Å². The standard InChI is InChI=1S/C11H15NO2S2/c1-4-6-10(5-2)12-16(13,14)11-8-7-9(3)15-11/h2,7-8,10,12H,4,6H2,1,3H3. The van der Waals surface area contributed by atoms with Crippen molar-refractivity contribution in [1.82, 2.24) is 4.72 Å². The lowest BCUT2D eigenvalue weighted by Gasteiger charge is -2.11. The first kappa shape index (κ1) is 13.2. The van der Waals surface area contributed by atoms with Crippen molar-refractivity contribution in [3.63, 3.8) is 0 Å². The molecular weight excluding hydrogens is 242 g/mol. The molecule has 0 spiro atoms. The summed E-state index contributed by atoms with van der Waals surface area (Å²) >= 11 is 1.25. The van der Waals surface area contributed by atoms with Gasteiger partial charge in [0.15, 0.2) is 0 Å². The monoisotopic (exact) mass is 257 g/mol. The van der Waals surface area contributed by atoms with E-state index in [0.29, 0.717) is 10.6 Å². The van der Waals surface area contributed by atoms with Crippen LogP contribution in [0, 0.1) is 19.3 Å². The smallest absolute Gasteiger partial charge is 0.206 e. The molecule has 1 N–H and O–H groups in total. The van der Waals surface area contributed by atoms with Crippen LogP contribution in [-0.2, 0) is 10.0 Å². The minimum atomic E-state index is -3.45. The first-order chi connectivity index (χ1) is 7.49. The van der Waals surface area contributed by atoms with Crippen LogP contribution in [0.1, 0.15) is 24.6 Å². The van der Waals surface area contributed by atoms with E-state index in [4.69, 9.17) is 6.42 Å². The van der Waals surface area contributed by atoms with Crippen LogP contribution in [0.5, 0.6) is 0 Å². The van der Waals surface area contributed by atoms with Crippen LogP contribution in [0.2, 0.25) is 0 Å². The van der Waals surface area contributed by atoms with Crippen LogP contribution in [0.4, 0.5) is 0 Å². The third kappa shape index (κ3) is 3.34. The van der Waals surface area contributed by atoms with E-state index < -0.39 is 16.1 Å². The summed E-state index contributed by atoms with van der Waals surface area (Å²) in [6, 6.07) is 2.96. The topological polar surface area (TPSA) is 46.2 Å². The van der Waals surface area contributed by atoms with E-state index in [1.54, 1.807) is 12.1 Å². The number of aryl methyl sites for hydroxylation is 1. The summed E-state index contributed by atoms with van der Waals surface area (Å²) in [7, 11) is -3.45. The molecule has 0 bridgehead atoms. The molecule has 3 nitrogen and oxygen atoms in total. The molecule has 16 heavy (non-hydrogen) atoms. The number of hydrogen-bond donors (Lipinski definition) is 1. The van der Waals surface area contributed by atoms with Gasteiger partial charge in [-0.1, -0.05) is 19.3 Å². The molecule has 1 aromatic rings. The van der Waals surface area contributed by atoms with Gasteiger partial charge in [0.1, 0.15) is 4.21 Å². The molecule has 0 aliphatic carbocycles. The van der Waals surface area contributed by atoms with Crippen molar-refractivity contribution in [1.29, 1.82) is 0 Å². The van der Waals surface area contributed by atoms with Crippen molar-refractivity contribution in [3.8, 4) is 12.3 Å².